The van der Waals surface area contributed by atoms with Crippen molar-refractivity contribution in [1.29, 1.82) is 0 Å². The molecule has 6 nitrogen and oxygen atoms in total. The Labute approximate surface area is 134 Å². The molecule has 0 amide bonds. The van der Waals surface area contributed by atoms with Crippen LogP contribution in [0.4, 0.5) is 0 Å². The van der Waals surface area contributed by atoms with Crippen molar-refractivity contribution in [1.82, 2.24) is 18.7 Å². The van der Waals surface area contributed by atoms with Gasteiger partial charge in [-0.25, -0.2) is 9.78 Å². The standard InChI is InChI=1S/C15H15BrN4O2/c1-9(10-7-5-4-6-8-10)20-13(21)11-12(19(3)15(20)22)17-14(16)18(11)2/h4-9H,1-3H3. The number of hydrogen-bond acceptors (Lipinski definition) is 3. The Morgan fingerprint density at radius 2 is 1.73 bits per heavy atom. The highest BCUT2D eigenvalue weighted by Gasteiger charge is 2.21. The molecule has 22 heavy (non-hydrogen) atoms. The van der Waals surface area contributed by atoms with Gasteiger partial charge in [0.2, 0.25) is 0 Å². The van der Waals surface area contributed by atoms with Gasteiger partial charge in [-0.1, -0.05) is 30.3 Å². The minimum Gasteiger partial charge on any atom is -0.316 e. The summed E-state index contributed by atoms with van der Waals surface area (Å²) in [5, 5.41) is 0. The van der Waals surface area contributed by atoms with Crippen LogP contribution in [-0.2, 0) is 14.1 Å². The van der Waals surface area contributed by atoms with Crippen molar-refractivity contribution in [2.24, 2.45) is 14.1 Å². The molecular weight excluding hydrogens is 348 g/mol. The number of fused-ring (bicyclic) bond motifs is 1. The Morgan fingerprint density at radius 3 is 2.36 bits per heavy atom. The maximum atomic E-state index is 12.8. The number of hydrogen-bond donors (Lipinski definition) is 0. The summed E-state index contributed by atoms with van der Waals surface area (Å²) in [6.45, 7) is 1.84. The van der Waals surface area contributed by atoms with Gasteiger partial charge in [0, 0.05) is 14.1 Å². The van der Waals surface area contributed by atoms with E-state index in [-0.39, 0.29) is 17.3 Å². The van der Waals surface area contributed by atoms with Gasteiger partial charge in [-0.2, -0.15) is 0 Å². The van der Waals surface area contributed by atoms with Crippen LogP contribution < -0.4 is 11.2 Å². The molecule has 0 N–H and O–H groups in total. The van der Waals surface area contributed by atoms with E-state index in [0.29, 0.717) is 15.9 Å². The molecule has 0 spiro atoms. The number of halogens is 1. The highest BCUT2D eigenvalue weighted by Crippen LogP contribution is 2.17. The van der Waals surface area contributed by atoms with Crippen LogP contribution in [0.5, 0.6) is 0 Å². The van der Waals surface area contributed by atoms with Gasteiger partial charge < -0.3 is 4.57 Å². The van der Waals surface area contributed by atoms with Gasteiger partial charge in [0.15, 0.2) is 15.9 Å². The second-order valence-electron chi connectivity index (χ2n) is 5.22. The average Bonchev–Trinajstić information content (AvgIpc) is 2.82. The highest BCUT2D eigenvalue weighted by atomic mass is 79.9. The Hall–Kier alpha value is -2.15. The van der Waals surface area contributed by atoms with Crippen LogP contribution >= 0.6 is 15.9 Å². The summed E-state index contributed by atoms with van der Waals surface area (Å²) in [6.07, 6.45) is 0. The van der Waals surface area contributed by atoms with Gasteiger partial charge in [-0.3, -0.25) is 13.9 Å². The number of nitrogens with zero attached hydrogens (tertiary/aromatic N) is 4. The van der Waals surface area contributed by atoms with E-state index in [1.807, 2.05) is 37.3 Å². The predicted molar refractivity (Wildman–Crippen MR) is 88.2 cm³/mol. The van der Waals surface area contributed by atoms with Gasteiger partial charge in [-0.15, -0.1) is 0 Å². The second-order valence-corrected chi connectivity index (χ2v) is 5.92. The minimum absolute atomic E-state index is 0.338. The third-order valence-electron chi connectivity index (χ3n) is 3.92. The normalized spacial score (nSPS) is 12.7. The first kappa shape index (κ1) is 14.8. The molecule has 0 aliphatic rings. The number of aromatic nitrogens is 4. The lowest BCUT2D eigenvalue weighted by molar-refractivity contribution is 0.558. The molecule has 0 aliphatic carbocycles. The third-order valence-corrected chi connectivity index (χ3v) is 4.63. The molecule has 1 aromatic carbocycles. The molecule has 0 fully saturated rings. The van der Waals surface area contributed by atoms with E-state index in [1.165, 1.54) is 9.13 Å². The van der Waals surface area contributed by atoms with E-state index < -0.39 is 0 Å². The summed E-state index contributed by atoms with van der Waals surface area (Å²) >= 11 is 3.30. The zero-order valence-electron chi connectivity index (χ0n) is 12.4. The smallest absolute Gasteiger partial charge is 0.316 e. The fourth-order valence-electron chi connectivity index (χ4n) is 2.61. The van der Waals surface area contributed by atoms with Gasteiger partial charge >= 0.3 is 5.69 Å². The molecule has 114 valence electrons. The van der Waals surface area contributed by atoms with E-state index in [9.17, 15) is 9.59 Å². The van der Waals surface area contributed by atoms with Crippen LogP contribution in [0.3, 0.4) is 0 Å². The predicted octanol–water partition coefficient (Wildman–Crippen LogP) is 1.81. The molecule has 3 rings (SSSR count). The lowest BCUT2D eigenvalue weighted by Crippen LogP contribution is -2.41. The van der Waals surface area contributed by atoms with Crippen molar-refractivity contribution in [3.63, 3.8) is 0 Å². The average molecular weight is 363 g/mol. The van der Waals surface area contributed by atoms with E-state index in [4.69, 9.17) is 0 Å². The molecule has 0 bridgehead atoms. The molecule has 2 heterocycles. The van der Waals surface area contributed by atoms with Crippen molar-refractivity contribution in [3.8, 4) is 0 Å². The second kappa shape index (κ2) is 5.24. The summed E-state index contributed by atoms with van der Waals surface area (Å²) in [6, 6.07) is 9.13. The van der Waals surface area contributed by atoms with Crippen LogP contribution in [-0.4, -0.2) is 18.7 Å². The van der Waals surface area contributed by atoms with E-state index >= 15 is 0 Å². The molecule has 0 saturated carbocycles. The molecule has 7 heteroatoms. The summed E-state index contributed by atoms with van der Waals surface area (Å²) in [7, 11) is 3.36. The van der Waals surface area contributed by atoms with Crippen LogP contribution in [0.25, 0.3) is 11.2 Å². The summed E-state index contributed by atoms with van der Waals surface area (Å²) in [5.74, 6) is 0. The Kier molecular flexibility index (Phi) is 3.52. The number of imidazole rings is 1. The summed E-state index contributed by atoms with van der Waals surface area (Å²) in [4.78, 5) is 29.7. The van der Waals surface area contributed by atoms with Crippen LogP contribution in [0, 0.1) is 0 Å². The fraction of sp³-hybridized carbons (Fsp3) is 0.267. The molecule has 1 unspecified atom stereocenters. The monoisotopic (exact) mass is 362 g/mol. The fourth-order valence-corrected chi connectivity index (χ4v) is 2.95. The van der Waals surface area contributed by atoms with Crippen molar-refractivity contribution < 1.29 is 0 Å². The number of benzene rings is 1. The summed E-state index contributed by atoms with van der Waals surface area (Å²) < 4.78 is 4.83. The zero-order valence-corrected chi connectivity index (χ0v) is 14.0. The molecule has 1 atom stereocenters. The van der Waals surface area contributed by atoms with Crippen LogP contribution in [0.2, 0.25) is 0 Å². The molecule has 2 aromatic heterocycles. The molecular formula is C15H15BrN4O2. The van der Waals surface area contributed by atoms with E-state index in [2.05, 4.69) is 20.9 Å². The SMILES string of the molecule is CC(c1ccccc1)n1c(=O)c2c(nc(Br)n2C)n(C)c1=O. The van der Waals surface area contributed by atoms with Gasteiger partial charge in [0.05, 0.1) is 6.04 Å². The topological polar surface area (TPSA) is 61.8 Å². The van der Waals surface area contributed by atoms with Gasteiger partial charge in [0.25, 0.3) is 5.56 Å². The molecule has 0 saturated heterocycles. The Balaban J connectivity index is 2.38. The van der Waals surface area contributed by atoms with Crippen molar-refractivity contribution in [2.45, 2.75) is 13.0 Å². The van der Waals surface area contributed by atoms with E-state index in [0.717, 1.165) is 5.56 Å². The molecule has 3 aromatic rings. The first-order valence-corrected chi connectivity index (χ1v) is 7.61. The van der Waals surface area contributed by atoms with Crippen LogP contribution in [0.15, 0.2) is 44.7 Å². The lowest BCUT2D eigenvalue weighted by atomic mass is 10.1. The maximum Gasteiger partial charge on any atom is 0.333 e. The number of aryl methyl sites for hydroxylation is 2. The third kappa shape index (κ3) is 2.04. The zero-order chi connectivity index (χ0) is 16.0. The van der Waals surface area contributed by atoms with Gasteiger partial charge in [0.1, 0.15) is 0 Å². The molecule has 0 aliphatic heterocycles. The minimum atomic E-state index is -0.376. The Bertz CT molecular complexity index is 969. The highest BCUT2D eigenvalue weighted by molar-refractivity contribution is 9.10. The van der Waals surface area contributed by atoms with Crippen molar-refractivity contribution >= 4 is 27.1 Å². The van der Waals surface area contributed by atoms with Crippen LogP contribution in [0.1, 0.15) is 18.5 Å². The van der Waals surface area contributed by atoms with E-state index in [1.54, 1.807) is 18.7 Å². The number of rotatable bonds is 2. The van der Waals surface area contributed by atoms with Gasteiger partial charge in [-0.05, 0) is 28.4 Å². The van der Waals surface area contributed by atoms with Crippen molar-refractivity contribution in [2.75, 3.05) is 0 Å². The largest absolute Gasteiger partial charge is 0.333 e. The summed E-state index contributed by atoms with van der Waals surface area (Å²) in [5.41, 5.74) is 0.967. The molecule has 0 radical (unpaired) electrons. The lowest BCUT2D eigenvalue weighted by Gasteiger charge is -2.16. The first-order valence-electron chi connectivity index (χ1n) is 6.82. The van der Waals surface area contributed by atoms with Crippen molar-refractivity contribution in [3.05, 3.63) is 61.5 Å². The first-order chi connectivity index (χ1) is 10.4. The maximum absolute atomic E-state index is 12.8. The Morgan fingerprint density at radius 1 is 1.09 bits per heavy atom. The quantitative estimate of drug-likeness (QED) is 0.653.